The number of carbonyl (C=O) groups excluding carboxylic acids is 2. The van der Waals surface area contributed by atoms with E-state index in [0.717, 1.165) is 36.8 Å². The quantitative estimate of drug-likeness (QED) is 0.327. The van der Waals surface area contributed by atoms with E-state index >= 15 is 0 Å². The van der Waals surface area contributed by atoms with Gasteiger partial charge in [-0.15, -0.1) is 0 Å². The number of imidazole rings is 1. The summed E-state index contributed by atoms with van der Waals surface area (Å²) in [7, 11) is 1.60. The van der Waals surface area contributed by atoms with Crippen molar-refractivity contribution in [3.8, 4) is 5.75 Å². The average Bonchev–Trinajstić information content (AvgIpc) is 3.59. The van der Waals surface area contributed by atoms with E-state index in [1.807, 2.05) is 13.8 Å². The lowest BCUT2D eigenvalue weighted by molar-refractivity contribution is -0.119. The van der Waals surface area contributed by atoms with Gasteiger partial charge in [-0.2, -0.15) is 4.98 Å². The standard InChI is InChI=1S/C25H27ClN8O3/c1-12-9-28-16(13(2)20(12)37-3)11-34-22-19(21(26)32-25(27)33-22)15(24(34)36)8-17-29-10-18(30-17)31-23(35)14-6-4-5-7-14/h8-10,14H,4-7,11H2,1-3H3,(H,29,30)(H,31,35)(H2,27,32,33)/b15-8-. The second-order valence-electron chi connectivity index (χ2n) is 9.21. The molecule has 0 radical (unpaired) electrons. The highest BCUT2D eigenvalue weighted by atomic mass is 35.5. The fourth-order valence-electron chi connectivity index (χ4n) is 4.90. The van der Waals surface area contributed by atoms with E-state index < -0.39 is 0 Å². The van der Waals surface area contributed by atoms with Gasteiger partial charge >= 0.3 is 0 Å². The maximum atomic E-state index is 13.6. The van der Waals surface area contributed by atoms with Crippen LogP contribution in [0.25, 0.3) is 11.6 Å². The number of methoxy groups -OCH3 is 1. The van der Waals surface area contributed by atoms with E-state index in [-0.39, 0.29) is 46.8 Å². The molecule has 0 unspecified atom stereocenters. The van der Waals surface area contributed by atoms with Crippen LogP contribution in [0.1, 0.15) is 53.9 Å². The first-order chi connectivity index (χ1) is 17.8. The highest BCUT2D eigenvalue weighted by Crippen LogP contribution is 2.41. The number of rotatable bonds is 6. The molecule has 12 heteroatoms. The lowest BCUT2D eigenvalue weighted by Gasteiger charge is -2.19. The molecule has 4 N–H and O–H groups in total. The number of nitrogens with two attached hydrogens (primary N) is 1. The molecule has 37 heavy (non-hydrogen) atoms. The zero-order valence-corrected chi connectivity index (χ0v) is 21.5. The second kappa shape index (κ2) is 9.81. The molecule has 2 aliphatic rings. The first-order valence-corrected chi connectivity index (χ1v) is 12.4. The number of aryl methyl sites for hydroxylation is 1. The number of anilines is 3. The van der Waals surface area contributed by atoms with Crippen LogP contribution in [0.15, 0.2) is 12.4 Å². The average molecular weight is 523 g/mol. The number of halogens is 1. The van der Waals surface area contributed by atoms with Crippen LogP contribution in [0.3, 0.4) is 0 Å². The first kappa shape index (κ1) is 24.7. The van der Waals surface area contributed by atoms with Gasteiger partial charge in [-0.05, 0) is 32.8 Å². The van der Waals surface area contributed by atoms with Gasteiger partial charge in [-0.25, -0.2) is 9.97 Å². The molecule has 1 aliphatic carbocycles. The van der Waals surface area contributed by atoms with Gasteiger partial charge in [0.25, 0.3) is 5.91 Å². The topological polar surface area (TPSA) is 152 Å². The molecule has 1 fully saturated rings. The number of aromatic nitrogens is 5. The summed E-state index contributed by atoms with van der Waals surface area (Å²) >= 11 is 6.44. The molecular weight excluding hydrogens is 496 g/mol. The van der Waals surface area contributed by atoms with E-state index in [2.05, 4.69) is 30.2 Å². The number of ether oxygens (including phenoxy) is 1. The van der Waals surface area contributed by atoms with Gasteiger partial charge in [-0.1, -0.05) is 24.4 Å². The summed E-state index contributed by atoms with van der Waals surface area (Å²) in [6.45, 7) is 3.92. The predicted octanol–water partition coefficient (Wildman–Crippen LogP) is 3.67. The monoisotopic (exact) mass is 522 g/mol. The van der Waals surface area contributed by atoms with Gasteiger partial charge in [0.2, 0.25) is 11.9 Å². The molecule has 3 aromatic rings. The smallest absolute Gasteiger partial charge is 0.260 e. The molecule has 0 aromatic carbocycles. The number of H-pyrrole nitrogens is 1. The summed E-state index contributed by atoms with van der Waals surface area (Å²) in [4.78, 5) is 47.9. The van der Waals surface area contributed by atoms with Crippen molar-refractivity contribution in [2.45, 2.75) is 46.1 Å². The molecule has 192 valence electrons. The van der Waals surface area contributed by atoms with E-state index in [1.54, 1.807) is 25.6 Å². The number of hydrogen-bond donors (Lipinski definition) is 3. The minimum atomic E-state index is -0.356. The van der Waals surface area contributed by atoms with Gasteiger partial charge in [0, 0.05) is 29.4 Å². The highest BCUT2D eigenvalue weighted by molar-refractivity contribution is 6.41. The van der Waals surface area contributed by atoms with Crippen molar-refractivity contribution in [3.63, 3.8) is 0 Å². The predicted molar refractivity (Wildman–Crippen MR) is 140 cm³/mol. The number of nitrogens with one attached hydrogen (secondary N) is 2. The van der Waals surface area contributed by atoms with Gasteiger partial charge in [0.1, 0.15) is 16.7 Å². The lowest BCUT2D eigenvalue weighted by atomic mass is 10.1. The third-order valence-electron chi connectivity index (χ3n) is 6.78. The Bertz CT molecular complexity index is 1430. The Hall–Kier alpha value is -3.99. The molecule has 0 atom stereocenters. The number of nitrogens with zero attached hydrogens (tertiary/aromatic N) is 5. The van der Waals surface area contributed by atoms with Crippen LogP contribution in [0.2, 0.25) is 5.15 Å². The van der Waals surface area contributed by atoms with Crippen LogP contribution in [0.5, 0.6) is 5.75 Å². The number of fused-ring (bicyclic) bond motifs is 1. The number of aromatic amines is 1. The molecule has 1 aliphatic heterocycles. The zero-order valence-electron chi connectivity index (χ0n) is 20.8. The van der Waals surface area contributed by atoms with Gasteiger partial charge in [-0.3, -0.25) is 19.5 Å². The largest absolute Gasteiger partial charge is 0.496 e. The normalized spacial score (nSPS) is 16.5. The molecule has 4 heterocycles. The molecule has 0 spiro atoms. The first-order valence-electron chi connectivity index (χ1n) is 12.0. The second-order valence-corrected chi connectivity index (χ2v) is 9.57. The van der Waals surface area contributed by atoms with Crippen molar-refractivity contribution >= 4 is 52.6 Å². The van der Waals surface area contributed by atoms with Gasteiger partial charge in [0.05, 0.1) is 30.5 Å². The van der Waals surface area contributed by atoms with Crippen LogP contribution in [0, 0.1) is 19.8 Å². The van der Waals surface area contributed by atoms with Crippen molar-refractivity contribution in [1.82, 2.24) is 24.9 Å². The Morgan fingerprint density at radius 2 is 2.05 bits per heavy atom. The van der Waals surface area contributed by atoms with Crippen molar-refractivity contribution in [3.05, 3.63) is 45.8 Å². The fourth-order valence-corrected chi connectivity index (χ4v) is 5.17. The molecule has 0 bridgehead atoms. The van der Waals surface area contributed by atoms with Crippen molar-refractivity contribution in [2.75, 3.05) is 23.1 Å². The highest BCUT2D eigenvalue weighted by Gasteiger charge is 2.38. The van der Waals surface area contributed by atoms with Gasteiger partial charge in [0.15, 0.2) is 11.6 Å². The fraction of sp³-hybridized carbons (Fsp3) is 0.360. The lowest BCUT2D eigenvalue weighted by Crippen LogP contribution is -2.27. The van der Waals surface area contributed by atoms with E-state index in [1.165, 1.54) is 4.90 Å². The maximum Gasteiger partial charge on any atom is 0.260 e. The number of amides is 2. The Morgan fingerprint density at radius 3 is 2.78 bits per heavy atom. The molecule has 5 rings (SSSR count). The van der Waals surface area contributed by atoms with E-state index in [9.17, 15) is 9.59 Å². The Balaban J connectivity index is 1.47. The Morgan fingerprint density at radius 1 is 1.30 bits per heavy atom. The molecule has 2 amide bonds. The number of pyridine rings is 1. The SMILES string of the molecule is COc1c(C)cnc(CN2C(=O)/C(=C\c3nc(NC(=O)C4CCCC4)c[nH]3)c3c(Cl)nc(N)nc32)c1C. The third kappa shape index (κ3) is 4.62. The summed E-state index contributed by atoms with van der Waals surface area (Å²) in [5.74, 6) is 1.31. The minimum Gasteiger partial charge on any atom is -0.496 e. The zero-order chi connectivity index (χ0) is 26.3. The van der Waals surface area contributed by atoms with Crippen LogP contribution in [-0.2, 0) is 16.1 Å². The van der Waals surface area contributed by atoms with Crippen molar-refractivity contribution < 1.29 is 14.3 Å². The summed E-state index contributed by atoms with van der Waals surface area (Å²) in [5.41, 5.74) is 8.82. The van der Waals surface area contributed by atoms with Crippen LogP contribution in [-0.4, -0.2) is 43.8 Å². The number of hydrogen-bond acceptors (Lipinski definition) is 8. The van der Waals surface area contributed by atoms with Gasteiger partial charge < -0.3 is 20.8 Å². The number of nitrogen functional groups attached to an aromatic ring is 1. The maximum absolute atomic E-state index is 13.6. The van der Waals surface area contributed by atoms with Crippen LogP contribution >= 0.6 is 11.6 Å². The molecule has 3 aromatic heterocycles. The van der Waals surface area contributed by atoms with E-state index in [4.69, 9.17) is 22.1 Å². The Kier molecular flexibility index (Phi) is 6.55. The number of carbonyl (C=O) groups is 2. The summed E-state index contributed by atoms with van der Waals surface area (Å²) < 4.78 is 5.51. The Labute approximate surface area is 218 Å². The molecule has 0 saturated heterocycles. The summed E-state index contributed by atoms with van der Waals surface area (Å²) in [6.07, 6.45) is 8.74. The molecular formula is C25H27ClN8O3. The molecule has 11 nitrogen and oxygen atoms in total. The van der Waals surface area contributed by atoms with E-state index in [0.29, 0.717) is 28.6 Å². The van der Waals surface area contributed by atoms with Crippen LogP contribution in [0.4, 0.5) is 17.6 Å². The minimum absolute atomic E-state index is 0.00854. The summed E-state index contributed by atoms with van der Waals surface area (Å²) in [5, 5.41) is 2.90. The van der Waals surface area contributed by atoms with Crippen LogP contribution < -0.4 is 20.7 Å². The molecule has 1 saturated carbocycles. The summed E-state index contributed by atoms with van der Waals surface area (Å²) in [6, 6.07) is 0. The van der Waals surface area contributed by atoms with Crippen molar-refractivity contribution in [1.29, 1.82) is 0 Å². The van der Waals surface area contributed by atoms with Crippen molar-refractivity contribution in [2.24, 2.45) is 5.92 Å². The third-order valence-corrected chi connectivity index (χ3v) is 7.05.